The third kappa shape index (κ3) is 3.69. The summed E-state index contributed by atoms with van der Waals surface area (Å²) in [5.74, 6) is 0.907. The van der Waals surface area contributed by atoms with E-state index >= 15 is 0 Å². The fourth-order valence-corrected chi connectivity index (χ4v) is 3.63. The molecule has 1 aliphatic rings. The summed E-state index contributed by atoms with van der Waals surface area (Å²) in [6.45, 7) is 0.581. The number of rotatable bonds is 6. The number of pyridine rings is 1. The number of hydrogen-bond acceptors (Lipinski definition) is 5. The lowest BCUT2D eigenvalue weighted by Gasteiger charge is -2.17. The van der Waals surface area contributed by atoms with Crippen LogP contribution in [-0.4, -0.2) is 16.0 Å². The number of nitro benzene ring substituents is 1. The Bertz CT molecular complexity index is 968. The second kappa shape index (κ2) is 7.61. The maximum absolute atomic E-state index is 11.3. The maximum atomic E-state index is 11.3. The van der Waals surface area contributed by atoms with Gasteiger partial charge in [0.2, 0.25) is 0 Å². The third-order valence-electron chi connectivity index (χ3n) is 5.03. The van der Waals surface area contributed by atoms with E-state index in [2.05, 4.69) is 10.3 Å². The van der Waals surface area contributed by atoms with Crippen molar-refractivity contribution in [3.63, 3.8) is 0 Å². The second-order valence-corrected chi connectivity index (χ2v) is 6.80. The summed E-state index contributed by atoms with van der Waals surface area (Å²) in [7, 11) is 0. The molecule has 0 saturated heterocycles. The minimum atomic E-state index is -0.376. The molecule has 1 fully saturated rings. The Balaban J connectivity index is 1.58. The van der Waals surface area contributed by atoms with Crippen molar-refractivity contribution >= 4 is 22.1 Å². The number of nitrogens with zero attached hydrogens (tertiary/aromatic N) is 2. The highest BCUT2D eigenvalue weighted by molar-refractivity contribution is 5.99. The van der Waals surface area contributed by atoms with Crippen LogP contribution in [-0.2, 0) is 6.54 Å². The molecule has 1 heterocycles. The Labute approximate surface area is 157 Å². The van der Waals surface area contributed by atoms with E-state index in [9.17, 15) is 10.1 Å². The fraction of sp³-hybridized carbons (Fsp3) is 0.286. The van der Waals surface area contributed by atoms with Gasteiger partial charge in [-0.2, -0.15) is 0 Å². The molecule has 0 amide bonds. The number of nitro groups is 1. The highest BCUT2D eigenvalue weighted by Gasteiger charge is 2.18. The summed E-state index contributed by atoms with van der Waals surface area (Å²) in [4.78, 5) is 14.9. The van der Waals surface area contributed by atoms with Crippen LogP contribution < -0.4 is 10.1 Å². The van der Waals surface area contributed by atoms with E-state index < -0.39 is 0 Å². The summed E-state index contributed by atoms with van der Waals surface area (Å²) in [5, 5.41) is 16.0. The quantitative estimate of drug-likeness (QED) is 0.488. The van der Waals surface area contributed by atoms with E-state index in [1.54, 1.807) is 18.3 Å². The molecule has 2 aromatic carbocycles. The van der Waals surface area contributed by atoms with Gasteiger partial charge in [-0.05, 0) is 43.9 Å². The number of anilines is 1. The minimum Gasteiger partial charge on any atom is -0.490 e. The molecule has 3 aromatic rings. The number of fused-ring (bicyclic) bond motifs is 1. The lowest BCUT2D eigenvalue weighted by molar-refractivity contribution is -0.383. The number of aromatic nitrogens is 1. The van der Waals surface area contributed by atoms with Crippen LogP contribution in [0.5, 0.6) is 5.75 Å². The number of ether oxygens (including phenoxy) is 1. The van der Waals surface area contributed by atoms with Crippen molar-refractivity contribution in [3.8, 4) is 5.75 Å². The van der Waals surface area contributed by atoms with Crippen molar-refractivity contribution in [1.82, 2.24) is 4.98 Å². The van der Waals surface area contributed by atoms with Crippen LogP contribution in [0.3, 0.4) is 0 Å². The Morgan fingerprint density at radius 3 is 2.74 bits per heavy atom. The van der Waals surface area contributed by atoms with Gasteiger partial charge in [0.15, 0.2) is 0 Å². The molecule has 0 unspecified atom stereocenters. The average molecular weight is 363 g/mol. The Morgan fingerprint density at radius 1 is 1.11 bits per heavy atom. The number of nitrogens with one attached hydrogen (secondary N) is 1. The van der Waals surface area contributed by atoms with Crippen molar-refractivity contribution in [2.75, 3.05) is 5.32 Å². The highest BCUT2D eigenvalue weighted by atomic mass is 16.6. The van der Waals surface area contributed by atoms with Crippen LogP contribution in [0, 0.1) is 10.1 Å². The van der Waals surface area contributed by atoms with Crippen molar-refractivity contribution in [2.24, 2.45) is 0 Å². The summed E-state index contributed by atoms with van der Waals surface area (Å²) >= 11 is 0. The third-order valence-corrected chi connectivity index (χ3v) is 5.03. The molecule has 138 valence electrons. The minimum absolute atomic E-state index is 0.0635. The topological polar surface area (TPSA) is 77.3 Å². The molecule has 1 aromatic heterocycles. The SMILES string of the molecule is O=[N+]([O-])c1ccc(NCc2ccccc2OC2CCCC2)c2ccncc12. The van der Waals surface area contributed by atoms with Gasteiger partial charge in [-0.3, -0.25) is 15.1 Å². The van der Waals surface area contributed by atoms with Gasteiger partial charge in [0.05, 0.1) is 16.4 Å². The van der Waals surface area contributed by atoms with Gasteiger partial charge in [0, 0.05) is 41.6 Å². The average Bonchev–Trinajstić information content (AvgIpc) is 3.20. The van der Waals surface area contributed by atoms with Crippen molar-refractivity contribution in [3.05, 3.63) is 70.5 Å². The molecule has 1 aliphatic carbocycles. The van der Waals surface area contributed by atoms with E-state index in [0.29, 0.717) is 18.0 Å². The number of para-hydroxylation sites is 1. The highest BCUT2D eigenvalue weighted by Crippen LogP contribution is 2.32. The molecular weight excluding hydrogens is 342 g/mol. The first kappa shape index (κ1) is 17.3. The van der Waals surface area contributed by atoms with E-state index in [1.165, 1.54) is 25.1 Å². The van der Waals surface area contributed by atoms with Gasteiger partial charge < -0.3 is 10.1 Å². The van der Waals surface area contributed by atoms with Crippen molar-refractivity contribution in [2.45, 2.75) is 38.3 Å². The Morgan fingerprint density at radius 2 is 1.93 bits per heavy atom. The zero-order chi connectivity index (χ0) is 18.6. The van der Waals surface area contributed by atoms with Gasteiger partial charge in [0.1, 0.15) is 5.75 Å². The summed E-state index contributed by atoms with van der Waals surface area (Å²) in [6, 6.07) is 13.1. The van der Waals surface area contributed by atoms with Crippen LogP contribution in [0.4, 0.5) is 11.4 Å². The first-order valence-corrected chi connectivity index (χ1v) is 9.22. The normalized spacial score (nSPS) is 14.4. The monoisotopic (exact) mass is 363 g/mol. The van der Waals surface area contributed by atoms with Crippen molar-refractivity contribution < 1.29 is 9.66 Å². The predicted molar refractivity (Wildman–Crippen MR) is 105 cm³/mol. The molecule has 27 heavy (non-hydrogen) atoms. The smallest absolute Gasteiger partial charge is 0.278 e. The molecule has 1 N–H and O–H groups in total. The zero-order valence-corrected chi connectivity index (χ0v) is 14.9. The number of non-ortho nitro benzene ring substituents is 1. The zero-order valence-electron chi connectivity index (χ0n) is 14.9. The largest absolute Gasteiger partial charge is 0.490 e. The standard InChI is InChI=1S/C21H21N3O3/c25-24(26)20-10-9-19(17-11-12-22-14-18(17)20)23-13-15-5-1-4-8-21(15)27-16-6-2-3-7-16/h1,4-5,8-12,14,16,23H,2-3,6-7,13H2. The first-order valence-electron chi connectivity index (χ1n) is 9.22. The van der Waals surface area contributed by atoms with Gasteiger partial charge in [-0.15, -0.1) is 0 Å². The molecule has 0 spiro atoms. The van der Waals surface area contributed by atoms with Gasteiger partial charge in [0.25, 0.3) is 5.69 Å². The van der Waals surface area contributed by atoms with E-state index in [-0.39, 0.29) is 10.6 Å². The van der Waals surface area contributed by atoms with E-state index in [1.807, 2.05) is 24.3 Å². The number of benzene rings is 2. The molecular formula is C21H21N3O3. The van der Waals surface area contributed by atoms with E-state index in [0.717, 1.165) is 35.2 Å². The van der Waals surface area contributed by atoms with Crippen LogP contribution in [0.25, 0.3) is 10.8 Å². The van der Waals surface area contributed by atoms with E-state index in [4.69, 9.17) is 4.74 Å². The fourth-order valence-electron chi connectivity index (χ4n) is 3.63. The predicted octanol–water partition coefficient (Wildman–Crippen LogP) is 5.08. The molecule has 4 rings (SSSR count). The Kier molecular flexibility index (Phi) is 4.87. The van der Waals surface area contributed by atoms with Crippen molar-refractivity contribution in [1.29, 1.82) is 0 Å². The maximum Gasteiger partial charge on any atom is 0.278 e. The molecule has 6 nitrogen and oxygen atoms in total. The first-order chi connectivity index (χ1) is 13.2. The van der Waals surface area contributed by atoms with Crippen LogP contribution in [0.15, 0.2) is 54.9 Å². The number of hydrogen-bond donors (Lipinski definition) is 1. The van der Waals surface area contributed by atoms with Crippen LogP contribution >= 0.6 is 0 Å². The lowest BCUT2D eigenvalue weighted by Crippen LogP contribution is -2.13. The summed E-state index contributed by atoms with van der Waals surface area (Å²) in [6.07, 6.45) is 8.17. The van der Waals surface area contributed by atoms with Crippen LogP contribution in [0.1, 0.15) is 31.2 Å². The molecule has 0 aliphatic heterocycles. The molecule has 0 bridgehead atoms. The Hall–Kier alpha value is -3.15. The van der Waals surface area contributed by atoms with Gasteiger partial charge >= 0.3 is 0 Å². The summed E-state index contributed by atoms with van der Waals surface area (Å²) < 4.78 is 6.19. The summed E-state index contributed by atoms with van der Waals surface area (Å²) in [5.41, 5.74) is 1.98. The molecule has 0 atom stereocenters. The molecule has 0 radical (unpaired) electrons. The second-order valence-electron chi connectivity index (χ2n) is 6.80. The molecule has 1 saturated carbocycles. The molecule has 6 heteroatoms. The van der Waals surface area contributed by atoms with Gasteiger partial charge in [-0.1, -0.05) is 18.2 Å². The van der Waals surface area contributed by atoms with Crippen LogP contribution in [0.2, 0.25) is 0 Å². The lowest BCUT2D eigenvalue weighted by atomic mass is 10.1. The van der Waals surface area contributed by atoms with Gasteiger partial charge in [-0.25, -0.2) is 0 Å².